The van der Waals surface area contributed by atoms with Gasteiger partial charge in [0.25, 0.3) is 0 Å². The molecule has 0 spiro atoms. The van der Waals surface area contributed by atoms with E-state index in [4.69, 9.17) is 0 Å². The number of sulfonamides is 1. The van der Waals surface area contributed by atoms with Crippen LogP contribution in [0, 0.1) is 0 Å². The third-order valence-electron chi connectivity index (χ3n) is 2.61. The molecule has 18 heavy (non-hydrogen) atoms. The lowest BCUT2D eigenvalue weighted by Gasteiger charge is -2.10. The minimum absolute atomic E-state index is 0.396. The Balaban J connectivity index is 1.98. The summed E-state index contributed by atoms with van der Waals surface area (Å²) in [7, 11) is -3.38. The number of rotatable bonds is 4. The van der Waals surface area contributed by atoms with Crippen LogP contribution < -0.4 is 10.0 Å². The van der Waals surface area contributed by atoms with Crippen LogP contribution in [-0.2, 0) is 27.7 Å². The van der Waals surface area contributed by atoms with E-state index in [0.29, 0.717) is 5.13 Å². The first kappa shape index (κ1) is 13.4. The van der Waals surface area contributed by atoms with Crippen LogP contribution in [0.3, 0.4) is 0 Å². The van der Waals surface area contributed by atoms with Crippen molar-refractivity contribution in [3.8, 4) is 0 Å². The maximum absolute atomic E-state index is 11.7. The Morgan fingerprint density at radius 3 is 2.78 bits per heavy atom. The summed E-state index contributed by atoms with van der Waals surface area (Å²) < 4.78 is 24.2. The van der Waals surface area contributed by atoms with Gasteiger partial charge in [-0.05, 0) is 26.2 Å². The lowest BCUT2D eigenvalue weighted by molar-refractivity contribution is -0.117. The topological polar surface area (TPSA) is 88.2 Å². The number of fused-ring (bicyclic) bond motifs is 1. The first-order valence-electron chi connectivity index (χ1n) is 5.62. The second-order valence-electron chi connectivity index (χ2n) is 4.34. The highest BCUT2D eigenvalue weighted by Crippen LogP contribution is 2.30. The highest BCUT2D eigenvalue weighted by atomic mass is 32.2. The van der Waals surface area contributed by atoms with Gasteiger partial charge in [-0.3, -0.25) is 4.79 Å². The number of nitrogens with zero attached hydrogens (tertiary/aromatic N) is 1. The Kier molecular flexibility index (Phi) is 3.69. The summed E-state index contributed by atoms with van der Waals surface area (Å²) in [5.41, 5.74) is 1.05. The number of hydrogen-bond donors (Lipinski definition) is 2. The number of hydrogen-bond acceptors (Lipinski definition) is 5. The predicted molar refractivity (Wildman–Crippen MR) is 70.2 cm³/mol. The molecular formula is C10H15N3O3S2. The van der Waals surface area contributed by atoms with Crippen molar-refractivity contribution >= 4 is 32.4 Å². The molecule has 8 heteroatoms. The van der Waals surface area contributed by atoms with Crippen molar-refractivity contribution in [1.29, 1.82) is 0 Å². The molecule has 0 aromatic carbocycles. The number of carbonyl (C=O) groups excluding carboxylic acids is 1. The first-order chi connectivity index (χ1) is 8.35. The van der Waals surface area contributed by atoms with Crippen LogP contribution in [0.4, 0.5) is 5.13 Å². The summed E-state index contributed by atoms with van der Waals surface area (Å²) in [6, 6.07) is -0.807. The molecule has 0 saturated heterocycles. The van der Waals surface area contributed by atoms with Crippen LogP contribution >= 0.6 is 11.3 Å². The van der Waals surface area contributed by atoms with E-state index in [2.05, 4.69) is 15.0 Å². The smallest absolute Gasteiger partial charge is 0.244 e. The molecule has 6 nitrogen and oxygen atoms in total. The molecule has 1 aliphatic carbocycles. The Bertz CT molecular complexity index is 543. The molecule has 0 unspecified atom stereocenters. The SMILES string of the molecule is C[C@H](NS(C)(=O)=O)C(=O)Nc1nc2c(s1)CCC2. The van der Waals surface area contributed by atoms with Crippen molar-refractivity contribution in [2.24, 2.45) is 0 Å². The molecule has 1 heterocycles. The van der Waals surface area contributed by atoms with Gasteiger partial charge >= 0.3 is 0 Å². The minimum Gasteiger partial charge on any atom is -0.301 e. The molecule has 0 fully saturated rings. The Morgan fingerprint density at radius 1 is 1.44 bits per heavy atom. The van der Waals surface area contributed by atoms with Crippen LogP contribution in [0.1, 0.15) is 23.9 Å². The fourth-order valence-electron chi connectivity index (χ4n) is 1.83. The van der Waals surface area contributed by atoms with Gasteiger partial charge in [0, 0.05) is 4.88 Å². The third kappa shape index (κ3) is 3.27. The van der Waals surface area contributed by atoms with E-state index >= 15 is 0 Å². The molecule has 100 valence electrons. The zero-order valence-corrected chi connectivity index (χ0v) is 11.8. The molecule has 1 aromatic rings. The number of nitrogens with one attached hydrogen (secondary N) is 2. The Morgan fingerprint density at radius 2 is 2.17 bits per heavy atom. The zero-order valence-electron chi connectivity index (χ0n) is 10.2. The summed E-state index contributed by atoms with van der Waals surface area (Å²) >= 11 is 1.47. The van der Waals surface area contributed by atoms with Gasteiger partial charge in [-0.25, -0.2) is 18.1 Å². The molecule has 0 saturated carbocycles. The van der Waals surface area contributed by atoms with E-state index in [1.54, 1.807) is 0 Å². The normalized spacial score (nSPS) is 16.3. The van der Waals surface area contributed by atoms with E-state index < -0.39 is 22.0 Å². The van der Waals surface area contributed by atoms with Crippen LogP contribution in [0.5, 0.6) is 0 Å². The largest absolute Gasteiger partial charge is 0.301 e. The average molecular weight is 289 g/mol. The van der Waals surface area contributed by atoms with E-state index in [9.17, 15) is 13.2 Å². The number of aryl methyl sites for hydroxylation is 2. The number of anilines is 1. The number of aromatic nitrogens is 1. The van der Waals surface area contributed by atoms with E-state index in [0.717, 1.165) is 31.2 Å². The van der Waals surface area contributed by atoms with Crippen LogP contribution in [0.2, 0.25) is 0 Å². The van der Waals surface area contributed by atoms with Gasteiger partial charge in [-0.15, -0.1) is 11.3 Å². The Labute approximate surface area is 110 Å². The van der Waals surface area contributed by atoms with Crippen LogP contribution in [0.25, 0.3) is 0 Å². The highest BCUT2D eigenvalue weighted by molar-refractivity contribution is 7.88. The van der Waals surface area contributed by atoms with Gasteiger partial charge in [-0.1, -0.05) is 0 Å². The van der Waals surface area contributed by atoms with Crippen molar-refractivity contribution in [1.82, 2.24) is 9.71 Å². The van der Waals surface area contributed by atoms with E-state index in [-0.39, 0.29) is 0 Å². The second-order valence-corrected chi connectivity index (χ2v) is 7.21. The molecule has 1 aliphatic rings. The quantitative estimate of drug-likeness (QED) is 0.845. The van der Waals surface area contributed by atoms with Crippen molar-refractivity contribution in [3.63, 3.8) is 0 Å². The van der Waals surface area contributed by atoms with Crippen molar-refractivity contribution < 1.29 is 13.2 Å². The van der Waals surface area contributed by atoms with Crippen LogP contribution in [-0.4, -0.2) is 31.6 Å². The van der Waals surface area contributed by atoms with Gasteiger partial charge in [-0.2, -0.15) is 0 Å². The summed E-state index contributed by atoms with van der Waals surface area (Å²) in [5.74, 6) is -0.396. The summed E-state index contributed by atoms with van der Waals surface area (Å²) in [6.45, 7) is 1.50. The molecule has 1 aromatic heterocycles. The molecule has 2 rings (SSSR count). The standard InChI is InChI=1S/C10H15N3O3S2/c1-6(13-18(2,15)16)9(14)12-10-11-7-4-3-5-8(7)17-10/h6,13H,3-5H2,1-2H3,(H,11,12,14)/t6-/m0/s1. The van der Waals surface area contributed by atoms with Crippen molar-refractivity contribution in [3.05, 3.63) is 10.6 Å². The highest BCUT2D eigenvalue weighted by Gasteiger charge is 2.21. The maximum atomic E-state index is 11.7. The number of amides is 1. The first-order valence-corrected chi connectivity index (χ1v) is 8.33. The molecule has 0 bridgehead atoms. The lowest BCUT2D eigenvalue weighted by Crippen LogP contribution is -2.40. The lowest BCUT2D eigenvalue weighted by atomic mass is 10.3. The van der Waals surface area contributed by atoms with Crippen molar-refractivity contribution in [2.45, 2.75) is 32.2 Å². The van der Waals surface area contributed by atoms with Gasteiger partial charge in [0.1, 0.15) is 0 Å². The average Bonchev–Trinajstić information content (AvgIpc) is 2.74. The van der Waals surface area contributed by atoms with Gasteiger partial charge in [0.15, 0.2) is 5.13 Å². The number of thiazole rings is 1. The Hall–Kier alpha value is -0.990. The summed E-state index contributed by atoms with van der Waals surface area (Å²) in [5, 5.41) is 3.18. The molecule has 2 N–H and O–H groups in total. The van der Waals surface area contributed by atoms with Gasteiger partial charge in [0.05, 0.1) is 18.0 Å². The van der Waals surface area contributed by atoms with Gasteiger partial charge in [0.2, 0.25) is 15.9 Å². The summed E-state index contributed by atoms with van der Waals surface area (Å²) in [6.07, 6.45) is 4.11. The molecule has 1 amide bonds. The van der Waals surface area contributed by atoms with E-state index in [1.165, 1.54) is 23.1 Å². The van der Waals surface area contributed by atoms with E-state index in [1.807, 2.05) is 0 Å². The molecule has 0 aliphatic heterocycles. The molecule has 0 radical (unpaired) electrons. The van der Waals surface area contributed by atoms with Gasteiger partial charge < -0.3 is 5.32 Å². The zero-order chi connectivity index (χ0) is 13.3. The fraction of sp³-hybridized carbons (Fsp3) is 0.600. The van der Waals surface area contributed by atoms with Crippen LogP contribution in [0.15, 0.2) is 0 Å². The molecule has 1 atom stereocenters. The minimum atomic E-state index is -3.38. The molecular weight excluding hydrogens is 274 g/mol. The number of carbonyl (C=O) groups is 1. The second kappa shape index (κ2) is 4.94. The predicted octanol–water partition coefficient (Wildman–Crippen LogP) is 0.508. The van der Waals surface area contributed by atoms with Crippen molar-refractivity contribution in [2.75, 3.05) is 11.6 Å². The third-order valence-corrected chi connectivity index (χ3v) is 4.46. The fourth-order valence-corrected chi connectivity index (χ4v) is 3.63. The maximum Gasteiger partial charge on any atom is 0.244 e. The monoisotopic (exact) mass is 289 g/mol. The summed E-state index contributed by atoms with van der Waals surface area (Å²) in [4.78, 5) is 17.3.